The van der Waals surface area contributed by atoms with Gasteiger partial charge in [-0.2, -0.15) is 0 Å². The zero-order chi connectivity index (χ0) is 13.8. The van der Waals surface area contributed by atoms with Gasteiger partial charge in [0.25, 0.3) is 0 Å². The van der Waals surface area contributed by atoms with E-state index in [4.69, 9.17) is 9.47 Å². The minimum atomic E-state index is -1.18. The van der Waals surface area contributed by atoms with Crippen LogP contribution in [0.25, 0.3) is 0 Å². The molecule has 2 N–H and O–H groups in total. The Morgan fingerprint density at radius 1 is 1.11 bits per heavy atom. The van der Waals surface area contributed by atoms with Crippen molar-refractivity contribution in [1.82, 2.24) is 0 Å². The predicted octanol–water partition coefficient (Wildman–Crippen LogP) is 2.29. The zero-order valence-corrected chi connectivity index (χ0v) is 11.4. The highest BCUT2D eigenvalue weighted by Crippen LogP contribution is 2.41. The maximum atomic E-state index is 10.5. The third-order valence-electron chi connectivity index (χ3n) is 3.47. The molecule has 18 heavy (non-hydrogen) atoms. The number of hydrogen-bond acceptors (Lipinski definition) is 4. The fourth-order valence-corrected chi connectivity index (χ4v) is 2.05. The van der Waals surface area contributed by atoms with Crippen LogP contribution in [0.2, 0.25) is 0 Å². The van der Waals surface area contributed by atoms with Gasteiger partial charge < -0.3 is 19.7 Å². The molecule has 1 unspecified atom stereocenters. The van der Waals surface area contributed by atoms with Crippen molar-refractivity contribution in [1.29, 1.82) is 0 Å². The Labute approximate surface area is 108 Å². The van der Waals surface area contributed by atoms with E-state index in [-0.39, 0.29) is 0 Å². The smallest absolute Gasteiger partial charge is 0.128 e. The first kappa shape index (κ1) is 14.8. The van der Waals surface area contributed by atoms with E-state index < -0.39 is 11.7 Å². The van der Waals surface area contributed by atoms with Crippen molar-refractivity contribution in [3.05, 3.63) is 23.8 Å². The first-order valence-electron chi connectivity index (χ1n) is 6.15. The van der Waals surface area contributed by atoms with Crippen molar-refractivity contribution in [3.63, 3.8) is 0 Å². The van der Waals surface area contributed by atoms with E-state index in [0.29, 0.717) is 29.9 Å². The number of hydrogen-bond donors (Lipinski definition) is 2. The van der Waals surface area contributed by atoms with Gasteiger partial charge in [-0.25, -0.2) is 0 Å². The molecule has 0 bridgehead atoms. The Bertz CT molecular complexity index is 363. The van der Waals surface area contributed by atoms with E-state index in [1.165, 1.54) is 14.2 Å². The minimum Gasteiger partial charge on any atom is -0.496 e. The first-order chi connectivity index (χ1) is 8.53. The number of aliphatic hydroxyl groups is 2. The predicted molar refractivity (Wildman–Crippen MR) is 70.0 cm³/mol. The van der Waals surface area contributed by atoms with Gasteiger partial charge in [0.1, 0.15) is 17.6 Å². The summed E-state index contributed by atoms with van der Waals surface area (Å²) >= 11 is 0. The quantitative estimate of drug-likeness (QED) is 0.817. The lowest BCUT2D eigenvalue weighted by Gasteiger charge is -2.32. The zero-order valence-electron chi connectivity index (χ0n) is 11.4. The van der Waals surface area contributed by atoms with Crippen LogP contribution in [0.5, 0.6) is 11.5 Å². The lowest BCUT2D eigenvalue weighted by atomic mass is 9.85. The number of aliphatic hydroxyl groups excluding tert-OH is 1. The van der Waals surface area contributed by atoms with Crippen LogP contribution >= 0.6 is 0 Å². The number of ether oxygens (including phenoxy) is 2. The van der Waals surface area contributed by atoms with Gasteiger partial charge in [0.2, 0.25) is 0 Å². The molecule has 0 aliphatic heterocycles. The van der Waals surface area contributed by atoms with Gasteiger partial charge in [-0.3, -0.25) is 0 Å². The van der Waals surface area contributed by atoms with Crippen molar-refractivity contribution in [2.24, 2.45) is 0 Å². The van der Waals surface area contributed by atoms with Crippen molar-refractivity contribution in [3.8, 4) is 11.5 Å². The SMILES string of the molecule is CCC(O)(CC)C(O)c1c(OC)cccc1OC. The van der Waals surface area contributed by atoms with Gasteiger partial charge in [0, 0.05) is 0 Å². The van der Waals surface area contributed by atoms with Crippen molar-refractivity contribution >= 4 is 0 Å². The second-order valence-electron chi connectivity index (χ2n) is 4.29. The Balaban J connectivity index is 3.30. The van der Waals surface area contributed by atoms with E-state index in [2.05, 4.69) is 0 Å². The third kappa shape index (κ3) is 2.60. The molecule has 1 rings (SSSR count). The van der Waals surface area contributed by atoms with Crippen LogP contribution in [-0.4, -0.2) is 30.0 Å². The summed E-state index contributed by atoms with van der Waals surface area (Å²) < 4.78 is 10.5. The van der Waals surface area contributed by atoms with Crippen LogP contribution in [0.4, 0.5) is 0 Å². The molecule has 0 heterocycles. The minimum absolute atomic E-state index is 0.450. The second kappa shape index (κ2) is 6.07. The number of rotatable bonds is 6. The summed E-state index contributed by atoms with van der Waals surface area (Å²) in [6.45, 7) is 3.68. The van der Waals surface area contributed by atoms with Crippen molar-refractivity contribution in [2.75, 3.05) is 14.2 Å². The normalized spacial score (nSPS) is 13.2. The molecule has 102 valence electrons. The van der Waals surface area contributed by atoms with Gasteiger partial charge in [-0.1, -0.05) is 19.9 Å². The average molecular weight is 254 g/mol. The molecule has 0 aromatic heterocycles. The molecule has 0 saturated carbocycles. The molecule has 0 aliphatic carbocycles. The molecular weight excluding hydrogens is 232 g/mol. The average Bonchev–Trinajstić information content (AvgIpc) is 2.44. The molecule has 1 aromatic carbocycles. The lowest BCUT2D eigenvalue weighted by molar-refractivity contribution is -0.0835. The molecule has 0 amide bonds. The Hall–Kier alpha value is -1.26. The topological polar surface area (TPSA) is 58.9 Å². The van der Waals surface area contributed by atoms with Gasteiger partial charge in [0.05, 0.1) is 25.4 Å². The van der Waals surface area contributed by atoms with Crippen molar-refractivity contribution < 1.29 is 19.7 Å². The summed E-state index contributed by atoms with van der Waals surface area (Å²) in [5, 5.41) is 20.9. The highest BCUT2D eigenvalue weighted by molar-refractivity contribution is 5.47. The van der Waals surface area contributed by atoms with E-state index in [1.54, 1.807) is 18.2 Å². The summed E-state index contributed by atoms with van der Waals surface area (Å²) in [5.74, 6) is 1.03. The Morgan fingerprint density at radius 3 is 1.89 bits per heavy atom. The number of methoxy groups -OCH3 is 2. The first-order valence-corrected chi connectivity index (χ1v) is 6.15. The largest absolute Gasteiger partial charge is 0.496 e. The maximum Gasteiger partial charge on any atom is 0.128 e. The van der Waals surface area contributed by atoms with E-state index in [0.717, 1.165) is 0 Å². The molecule has 4 nitrogen and oxygen atoms in total. The molecule has 1 atom stereocenters. The summed E-state index contributed by atoms with van der Waals surface area (Å²) in [5.41, 5.74) is -0.684. The van der Waals surface area contributed by atoms with Crippen LogP contribution in [-0.2, 0) is 0 Å². The van der Waals surface area contributed by atoms with E-state index >= 15 is 0 Å². The summed E-state index contributed by atoms with van der Waals surface area (Å²) in [6, 6.07) is 5.27. The molecule has 0 radical (unpaired) electrons. The molecular formula is C14H22O4. The highest BCUT2D eigenvalue weighted by atomic mass is 16.5. The van der Waals surface area contributed by atoms with Crippen LogP contribution < -0.4 is 9.47 Å². The van der Waals surface area contributed by atoms with E-state index in [9.17, 15) is 10.2 Å². The molecule has 1 aromatic rings. The van der Waals surface area contributed by atoms with Crippen LogP contribution in [0.1, 0.15) is 38.4 Å². The second-order valence-corrected chi connectivity index (χ2v) is 4.29. The molecule has 0 saturated heterocycles. The molecule has 0 spiro atoms. The summed E-state index contributed by atoms with van der Waals surface area (Å²) in [7, 11) is 3.06. The standard InChI is InChI=1S/C14H22O4/c1-5-14(16,6-2)13(15)12-10(17-3)8-7-9-11(12)18-4/h7-9,13,15-16H,5-6H2,1-4H3. The van der Waals surface area contributed by atoms with Crippen molar-refractivity contribution in [2.45, 2.75) is 38.4 Å². The Morgan fingerprint density at radius 2 is 1.56 bits per heavy atom. The fourth-order valence-electron chi connectivity index (χ4n) is 2.05. The summed E-state index contributed by atoms with van der Waals surface area (Å²) in [6.07, 6.45) is -0.142. The van der Waals surface area contributed by atoms with Gasteiger partial charge >= 0.3 is 0 Å². The maximum absolute atomic E-state index is 10.5. The van der Waals surface area contributed by atoms with Gasteiger partial charge in [-0.05, 0) is 25.0 Å². The van der Waals surface area contributed by atoms with Gasteiger partial charge in [0.15, 0.2) is 0 Å². The van der Waals surface area contributed by atoms with Crippen LogP contribution in [0.3, 0.4) is 0 Å². The third-order valence-corrected chi connectivity index (χ3v) is 3.47. The van der Waals surface area contributed by atoms with E-state index in [1.807, 2.05) is 13.8 Å². The summed E-state index contributed by atoms with van der Waals surface area (Å²) in [4.78, 5) is 0. The lowest BCUT2D eigenvalue weighted by Crippen LogP contribution is -2.35. The Kier molecular flexibility index (Phi) is 4.99. The fraction of sp³-hybridized carbons (Fsp3) is 0.571. The number of benzene rings is 1. The molecule has 0 fully saturated rings. The highest BCUT2D eigenvalue weighted by Gasteiger charge is 2.36. The molecule has 0 aliphatic rings. The van der Waals surface area contributed by atoms with Crippen LogP contribution in [0.15, 0.2) is 18.2 Å². The monoisotopic (exact) mass is 254 g/mol. The van der Waals surface area contributed by atoms with Crippen LogP contribution in [0, 0.1) is 0 Å². The van der Waals surface area contributed by atoms with Gasteiger partial charge in [-0.15, -0.1) is 0 Å². The molecule has 4 heteroatoms.